The van der Waals surface area contributed by atoms with Crippen LogP contribution < -0.4 is 5.32 Å². The van der Waals surface area contributed by atoms with Gasteiger partial charge in [0.1, 0.15) is 5.52 Å². The maximum atomic E-state index is 12.4. The van der Waals surface area contributed by atoms with Crippen LogP contribution in [0.25, 0.3) is 22.0 Å². The standard InChI is InChI=1S/C17H13N3O2/c1-20-7-6-11-8-12(2-4-15(11)20)17(21)19-13-3-5-16-14(9-13)18-10-22-16/h2-10H,1H3,(H,19,21). The summed E-state index contributed by atoms with van der Waals surface area (Å²) in [5, 5.41) is 3.93. The first-order chi connectivity index (χ1) is 10.7. The third-order valence-corrected chi connectivity index (χ3v) is 3.74. The molecular weight excluding hydrogens is 278 g/mol. The van der Waals surface area contributed by atoms with E-state index in [-0.39, 0.29) is 5.91 Å². The van der Waals surface area contributed by atoms with Crippen molar-refractivity contribution in [2.24, 2.45) is 7.05 Å². The van der Waals surface area contributed by atoms with Crippen molar-refractivity contribution in [3.63, 3.8) is 0 Å². The van der Waals surface area contributed by atoms with Crippen LogP contribution in [0.3, 0.4) is 0 Å². The summed E-state index contributed by atoms with van der Waals surface area (Å²) in [4.78, 5) is 16.5. The number of aromatic nitrogens is 2. The van der Waals surface area contributed by atoms with E-state index >= 15 is 0 Å². The van der Waals surface area contributed by atoms with E-state index in [1.54, 1.807) is 18.2 Å². The van der Waals surface area contributed by atoms with Crippen molar-refractivity contribution in [1.29, 1.82) is 0 Å². The zero-order chi connectivity index (χ0) is 15.1. The van der Waals surface area contributed by atoms with E-state index < -0.39 is 0 Å². The number of benzene rings is 2. The van der Waals surface area contributed by atoms with Gasteiger partial charge in [-0.15, -0.1) is 0 Å². The molecule has 2 aromatic heterocycles. The number of carbonyl (C=O) groups is 1. The number of fused-ring (bicyclic) bond motifs is 2. The fraction of sp³-hybridized carbons (Fsp3) is 0.0588. The minimum Gasteiger partial charge on any atom is -0.443 e. The molecule has 5 nitrogen and oxygen atoms in total. The van der Waals surface area contributed by atoms with Gasteiger partial charge in [-0.05, 0) is 42.5 Å². The lowest BCUT2D eigenvalue weighted by Gasteiger charge is -2.05. The minimum atomic E-state index is -0.145. The summed E-state index contributed by atoms with van der Waals surface area (Å²) in [6.07, 6.45) is 3.37. The molecule has 0 fully saturated rings. The van der Waals surface area contributed by atoms with Gasteiger partial charge in [0.2, 0.25) is 0 Å². The Morgan fingerprint density at radius 1 is 1.18 bits per heavy atom. The third-order valence-electron chi connectivity index (χ3n) is 3.74. The predicted molar refractivity (Wildman–Crippen MR) is 84.9 cm³/mol. The van der Waals surface area contributed by atoms with Gasteiger partial charge >= 0.3 is 0 Å². The van der Waals surface area contributed by atoms with Crippen LogP contribution in [0.5, 0.6) is 0 Å². The Morgan fingerprint density at radius 3 is 3.00 bits per heavy atom. The van der Waals surface area contributed by atoms with Crippen LogP contribution in [0.4, 0.5) is 5.69 Å². The molecule has 2 heterocycles. The molecule has 2 aromatic carbocycles. The number of anilines is 1. The van der Waals surface area contributed by atoms with Gasteiger partial charge in [-0.2, -0.15) is 0 Å². The maximum Gasteiger partial charge on any atom is 0.255 e. The number of hydrogen-bond acceptors (Lipinski definition) is 3. The molecule has 0 unspecified atom stereocenters. The van der Waals surface area contributed by atoms with Crippen molar-refractivity contribution in [2.45, 2.75) is 0 Å². The Labute approximate surface area is 126 Å². The summed E-state index contributed by atoms with van der Waals surface area (Å²) in [6.45, 7) is 0. The van der Waals surface area contributed by atoms with E-state index in [0.717, 1.165) is 16.4 Å². The SMILES string of the molecule is Cn1ccc2cc(C(=O)Nc3ccc4ocnc4c3)ccc21. The molecule has 1 N–H and O–H groups in total. The molecule has 0 spiro atoms. The zero-order valence-electron chi connectivity index (χ0n) is 11.9. The van der Waals surface area contributed by atoms with Gasteiger partial charge in [0, 0.05) is 35.4 Å². The van der Waals surface area contributed by atoms with E-state index in [0.29, 0.717) is 16.8 Å². The highest BCUT2D eigenvalue weighted by atomic mass is 16.3. The second-order valence-electron chi connectivity index (χ2n) is 5.19. The summed E-state index contributed by atoms with van der Waals surface area (Å²) in [6, 6.07) is 13.0. The van der Waals surface area contributed by atoms with Crippen LogP contribution in [0, 0.1) is 0 Å². The number of rotatable bonds is 2. The number of amides is 1. The number of oxazole rings is 1. The van der Waals surface area contributed by atoms with Gasteiger partial charge < -0.3 is 14.3 Å². The van der Waals surface area contributed by atoms with Crippen LogP contribution in [-0.2, 0) is 7.05 Å². The fourth-order valence-electron chi connectivity index (χ4n) is 2.56. The van der Waals surface area contributed by atoms with Crippen molar-refractivity contribution in [3.05, 3.63) is 60.6 Å². The first kappa shape index (κ1) is 12.6. The Hall–Kier alpha value is -3.08. The lowest BCUT2D eigenvalue weighted by atomic mass is 10.1. The van der Waals surface area contributed by atoms with Gasteiger partial charge in [0.25, 0.3) is 5.91 Å². The molecule has 0 saturated heterocycles. The van der Waals surface area contributed by atoms with Crippen molar-refractivity contribution < 1.29 is 9.21 Å². The molecule has 4 aromatic rings. The van der Waals surface area contributed by atoms with E-state index in [1.807, 2.05) is 42.1 Å². The number of carbonyl (C=O) groups excluding carboxylic acids is 1. The molecule has 108 valence electrons. The number of hydrogen-bond donors (Lipinski definition) is 1. The maximum absolute atomic E-state index is 12.4. The smallest absolute Gasteiger partial charge is 0.255 e. The van der Waals surface area contributed by atoms with Gasteiger partial charge in [-0.3, -0.25) is 4.79 Å². The second-order valence-corrected chi connectivity index (χ2v) is 5.19. The fourth-order valence-corrected chi connectivity index (χ4v) is 2.56. The average Bonchev–Trinajstić information content (AvgIpc) is 3.13. The summed E-state index contributed by atoms with van der Waals surface area (Å²) in [5.41, 5.74) is 3.83. The second kappa shape index (κ2) is 4.73. The van der Waals surface area contributed by atoms with Crippen LogP contribution >= 0.6 is 0 Å². The molecule has 0 aliphatic rings. The molecule has 0 bridgehead atoms. The average molecular weight is 291 g/mol. The van der Waals surface area contributed by atoms with E-state index in [9.17, 15) is 4.79 Å². The normalized spacial score (nSPS) is 11.1. The molecule has 0 atom stereocenters. The molecule has 0 aliphatic carbocycles. The lowest BCUT2D eigenvalue weighted by molar-refractivity contribution is 0.102. The van der Waals surface area contributed by atoms with Crippen molar-refractivity contribution in [1.82, 2.24) is 9.55 Å². The number of nitrogens with one attached hydrogen (secondary N) is 1. The van der Waals surface area contributed by atoms with Gasteiger partial charge in [0.15, 0.2) is 12.0 Å². The van der Waals surface area contributed by atoms with E-state index in [1.165, 1.54) is 6.39 Å². The summed E-state index contributed by atoms with van der Waals surface area (Å²) < 4.78 is 7.21. The van der Waals surface area contributed by atoms with E-state index in [4.69, 9.17) is 4.42 Å². The predicted octanol–water partition coefficient (Wildman–Crippen LogP) is 3.57. The highest BCUT2D eigenvalue weighted by Gasteiger charge is 2.09. The summed E-state index contributed by atoms with van der Waals surface area (Å²) in [5.74, 6) is -0.145. The van der Waals surface area contributed by atoms with Crippen LogP contribution in [-0.4, -0.2) is 15.5 Å². The van der Waals surface area contributed by atoms with Gasteiger partial charge in [-0.25, -0.2) is 4.98 Å². The Kier molecular flexibility index (Phi) is 2.72. The molecule has 4 rings (SSSR count). The number of nitrogens with zero attached hydrogens (tertiary/aromatic N) is 2. The van der Waals surface area contributed by atoms with Gasteiger partial charge in [-0.1, -0.05) is 0 Å². The van der Waals surface area contributed by atoms with Crippen LogP contribution in [0.2, 0.25) is 0 Å². The quantitative estimate of drug-likeness (QED) is 0.614. The van der Waals surface area contributed by atoms with E-state index in [2.05, 4.69) is 10.3 Å². The molecular formula is C17H13N3O2. The monoisotopic (exact) mass is 291 g/mol. The first-order valence-corrected chi connectivity index (χ1v) is 6.90. The molecule has 1 amide bonds. The summed E-state index contributed by atoms with van der Waals surface area (Å²) >= 11 is 0. The molecule has 0 radical (unpaired) electrons. The summed E-state index contributed by atoms with van der Waals surface area (Å²) in [7, 11) is 1.98. The number of aryl methyl sites for hydroxylation is 1. The molecule has 5 heteroatoms. The highest BCUT2D eigenvalue weighted by molar-refractivity contribution is 6.06. The molecule has 0 saturated carbocycles. The first-order valence-electron chi connectivity index (χ1n) is 6.90. The zero-order valence-corrected chi connectivity index (χ0v) is 11.9. The van der Waals surface area contributed by atoms with Crippen LogP contribution in [0.1, 0.15) is 10.4 Å². The minimum absolute atomic E-state index is 0.145. The van der Waals surface area contributed by atoms with Crippen molar-refractivity contribution >= 4 is 33.6 Å². The van der Waals surface area contributed by atoms with Crippen molar-refractivity contribution in [2.75, 3.05) is 5.32 Å². The Morgan fingerprint density at radius 2 is 2.09 bits per heavy atom. The topological polar surface area (TPSA) is 60.1 Å². The largest absolute Gasteiger partial charge is 0.443 e. The highest BCUT2D eigenvalue weighted by Crippen LogP contribution is 2.20. The molecule has 0 aliphatic heterocycles. The Bertz CT molecular complexity index is 997. The van der Waals surface area contributed by atoms with Crippen molar-refractivity contribution in [3.8, 4) is 0 Å². The van der Waals surface area contributed by atoms with Gasteiger partial charge in [0.05, 0.1) is 0 Å². The third kappa shape index (κ3) is 2.03. The molecule has 22 heavy (non-hydrogen) atoms. The lowest BCUT2D eigenvalue weighted by Crippen LogP contribution is -2.11. The van der Waals surface area contributed by atoms with Crippen LogP contribution in [0.15, 0.2) is 59.5 Å². The Balaban J connectivity index is 1.64.